The van der Waals surface area contributed by atoms with Gasteiger partial charge in [-0.2, -0.15) is 9.37 Å². The largest absolute Gasteiger partial charge is 0.573 e. The molecule has 0 unspecified atom stereocenters. The topological polar surface area (TPSA) is 44.2 Å². The maximum atomic E-state index is 13.4. The normalized spacial score (nSPS) is 11.3. The van der Waals surface area contributed by atoms with Crippen molar-refractivity contribution in [3.8, 4) is 17.4 Å². The maximum absolute atomic E-state index is 13.4. The van der Waals surface area contributed by atoms with Crippen molar-refractivity contribution in [1.29, 1.82) is 0 Å². The maximum Gasteiger partial charge on any atom is 0.573 e. The molecule has 1 aromatic carbocycles. The predicted molar refractivity (Wildman–Crippen MR) is 67.9 cm³/mol. The summed E-state index contributed by atoms with van der Waals surface area (Å²) in [7, 11) is 0. The van der Waals surface area contributed by atoms with Crippen LogP contribution in [0.5, 0.6) is 17.4 Å². The molecule has 21 heavy (non-hydrogen) atoms. The zero-order valence-electron chi connectivity index (χ0n) is 9.79. The molecular weight excluding hydrogens is 383 g/mol. The molecule has 0 amide bonds. The number of halogens is 6. The van der Waals surface area contributed by atoms with Gasteiger partial charge in [0.25, 0.3) is 5.88 Å². The van der Waals surface area contributed by atoms with Crippen LogP contribution in [0.3, 0.4) is 0 Å². The van der Waals surface area contributed by atoms with Crippen molar-refractivity contribution in [1.82, 2.24) is 9.97 Å². The van der Waals surface area contributed by atoms with Crippen LogP contribution in [0.2, 0.25) is 5.28 Å². The number of aromatic nitrogens is 2. The van der Waals surface area contributed by atoms with Crippen molar-refractivity contribution in [2.45, 2.75) is 6.36 Å². The average Bonchev–Trinajstić information content (AvgIpc) is 2.36. The Morgan fingerprint density at radius 1 is 1.24 bits per heavy atom. The van der Waals surface area contributed by atoms with Crippen LogP contribution < -0.4 is 9.47 Å². The summed E-state index contributed by atoms with van der Waals surface area (Å²) in [4.78, 5) is 6.91. The van der Waals surface area contributed by atoms with E-state index in [1.165, 1.54) is 0 Å². The van der Waals surface area contributed by atoms with Crippen LogP contribution in [-0.2, 0) is 0 Å². The number of nitrogens with zero attached hydrogens (tertiary/aromatic N) is 2. The summed E-state index contributed by atoms with van der Waals surface area (Å²) in [5.74, 6) is -1.75. The number of benzene rings is 1. The Hall–Kier alpha value is -1.61. The number of hydrogen-bond donors (Lipinski definition) is 0. The SMILES string of the molecule is Fc1cnc(Cl)nc1Oc1ccc(OC(F)(F)F)c(Br)c1. The van der Waals surface area contributed by atoms with Crippen LogP contribution in [0.1, 0.15) is 0 Å². The molecule has 0 saturated heterocycles. The Balaban J connectivity index is 2.22. The van der Waals surface area contributed by atoms with E-state index < -0.39 is 23.8 Å². The van der Waals surface area contributed by atoms with Crippen LogP contribution >= 0.6 is 27.5 Å². The Kier molecular flexibility index (Phi) is 4.52. The summed E-state index contributed by atoms with van der Waals surface area (Å²) in [5, 5.41) is -0.234. The summed E-state index contributed by atoms with van der Waals surface area (Å²) >= 11 is 8.38. The number of ether oxygens (including phenoxy) is 2. The van der Waals surface area contributed by atoms with E-state index in [-0.39, 0.29) is 15.5 Å². The molecule has 0 atom stereocenters. The highest BCUT2D eigenvalue weighted by Crippen LogP contribution is 2.34. The lowest BCUT2D eigenvalue weighted by Gasteiger charge is -2.12. The van der Waals surface area contributed by atoms with Crippen molar-refractivity contribution in [3.05, 3.63) is 40.0 Å². The molecule has 0 fully saturated rings. The van der Waals surface area contributed by atoms with Crippen LogP contribution in [0.25, 0.3) is 0 Å². The first-order valence-electron chi connectivity index (χ1n) is 5.16. The van der Waals surface area contributed by atoms with Gasteiger partial charge in [-0.3, -0.25) is 0 Å². The van der Waals surface area contributed by atoms with Crippen molar-refractivity contribution in [2.24, 2.45) is 0 Å². The van der Waals surface area contributed by atoms with E-state index in [0.29, 0.717) is 0 Å². The predicted octanol–water partition coefficient (Wildman–Crippen LogP) is 4.72. The second kappa shape index (κ2) is 6.02. The standard InChI is InChI=1S/C11H4BrClF4N2O2/c12-6-3-5(1-2-8(6)21-11(15,16)17)20-9-7(14)4-18-10(13)19-9/h1-4H. The third-order valence-corrected chi connectivity index (χ3v) is 2.83. The van der Waals surface area contributed by atoms with Gasteiger partial charge in [-0.25, -0.2) is 4.98 Å². The molecule has 0 saturated carbocycles. The average molecular weight is 388 g/mol. The quantitative estimate of drug-likeness (QED) is 0.564. The first-order valence-corrected chi connectivity index (χ1v) is 6.33. The highest BCUT2D eigenvalue weighted by molar-refractivity contribution is 9.10. The van der Waals surface area contributed by atoms with E-state index in [2.05, 4.69) is 30.6 Å². The van der Waals surface area contributed by atoms with E-state index in [4.69, 9.17) is 16.3 Å². The summed E-state index contributed by atoms with van der Waals surface area (Å²) in [6, 6.07) is 3.32. The van der Waals surface area contributed by atoms with Crippen molar-refractivity contribution in [3.63, 3.8) is 0 Å². The molecule has 0 N–H and O–H groups in total. The molecule has 0 aliphatic carbocycles. The molecule has 1 aromatic heterocycles. The monoisotopic (exact) mass is 386 g/mol. The fraction of sp³-hybridized carbons (Fsp3) is 0.0909. The number of alkyl halides is 3. The summed E-state index contributed by atoms with van der Waals surface area (Å²) in [5.41, 5.74) is 0. The van der Waals surface area contributed by atoms with Gasteiger partial charge in [0, 0.05) is 0 Å². The van der Waals surface area contributed by atoms with Gasteiger partial charge in [0.15, 0.2) is 0 Å². The van der Waals surface area contributed by atoms with E-state index in [9.17, 15) is 17.6 Å². The minimum Gasteiger partial charge on any atom is -0.436 e. The molecule has 10 heteroatoms. The fourth-order valence-electron chi connectivity index (χ4n) is 1.27. The van der Waals surface area contributed by atoms with Crippen molar-refractivity contribution >= 4 is 27.5 Å². The van der Waals surface area contributed by atoms with Gasteiger partial charge in [0.2, 0.25) is 11.1 Å². The minimum atomic E-state index is -4.82. The molecule has 0 bridgehead atoms. The fourth-order valence-corrected chi connectivity index (χ4v) is 1.83. The minimum absolute atomic E-state index is 0.0297. The van der Waals surface area contributed by atoms with Gasteiger partial charge in [0.05, 0.1) is 10.7 Å². The van der Waals surface area contributed by atoms with Crippen LogP contribution in [0.4, 0.5) is 17.6 Å². The molecule has 4 nitrogen and oxygen atoms in total. The van der Waals surface area contributed by atoms with E-state index in [1.54, 1.807) is 0 Å². The third kappa shape index (κ3) is 4.43. The first kappa shape index (κ1) is 15.8. The number of rotatable bonds is 3. The van der Waals surface area contributed by atoms with E-state index in [1.807, 2.05) is 0 Å². The van der Waals surface area contributed by atoms with Crippen LogP contribution in [0.15, 0.2) is 28.9 Å². The molecule has 0 aliphatic heterocycles. The zero-order chi connectivity index (χ0) is 15.6. The van der Waals surface area contributed by atoms with Gasteiger partial charge < -0.3 is 9.47 Å². The van der Waals surface area contributed by atoms with E-state index >= 15 is 0 Å². The lowest BCUT2D eigenvalue weighted by atomic mass is 10.3. The molecule has 0 aliphatic rings. The molecule has 0 spiro atoms. The Labute approximate surface area is 128 Å². The van der Waals surface area contributed by atoms with Crippen LogP contribution in [-0.4, -0.2) is 16.3 Å². The molecule has 112 valence electrons. The second-order valence-corrected chi connectivity index (χ2v) is 4.73. The molecular formula is C11H4BrClF4N2O2. The summed E-state index contributed by atoms with van der Waals surface area (Å²) in [6.07, 6.45) is -4.02. The molecule has 0 radical (unpaired) electrons. The summed E-state index contributed by atoms with van der Waals surface area (Å²) in [6.45, 7) is 0. The third-order valence-electron chi connectivity index (χ3n) is 2.03. The first-order chi connectivity index (χ1) is 9.74. The van der Waals surface area contributed by atoms with Gasteiger partial charge in [-0.1, -0.05) is 0 Å². The smallest absolute Gasteiger partial charge is 0.436 e. The second-order valence-electron chi connectivity index (χ2n) is 3.53. The van der Waals surface area contributed by atoms with Crippen molar-refractivity contribution < 1.29 is 27.0 Å². The molecule has 2 aromatic rings. The van der Waals surface area contributed by atoms with Crippen LogP contribution in [0, 0.1) is 5.82 Å². The molecule has 2 rings (SSSR count). The van der Waals surface area contributed by atoms with Crippen molar-refractivity contribution in [2.75, 3.05) is 0 Å². The lowest BCUT2D eigenvalue weighted by molar-refractivity contribution is -0.274. The Morgan fingerprint density at radius 2 is 1.95 bits per heavy atom. The van der Waals surface area contributed by atoms with Gasteiger partial charge in [0.1, 0.15) is 11.5 Å². The van der Waals surface area contributed by atoms with E-state index in [0.717, 1.165) is 24.4 Å². The highest BCUT2D eigenvalue weighted by Gasteiger charge is 2.32. The zero-order valence-corrected chi connectivity index (χ0v) is 12.1. The Bertz CT molecular complexity index is 669. The Morgan fingerprint density at radius 3 is 2.57 bits per heavy atom. The lowest BCUT2D eigenvalue weighted by Crippen LogP contribution is -2.17. The molecule has 1 heterocycles. The van der Waals surface area contributed by atoms with Gasteiger partial charge >= 0.3 is 6.36 Å². The summed E-state index contributed by atoms with van der Waals surface area (Å²) < 4.78 is 58.5. The number of hydrogen-bond acceptors (Lipinski definition) is 4. The highest BCUT2D eigenvalue weighted by atomic mass is 79.9. The van der Waals surface area contributed by atoms with Gasteiger partial charge in [-0.15, -0.1) is 13.2 Å². The van der Waals surface area contributed by atoms with Gasteiger partial charge in [-0.05, 0) is 45.7 Å².